The van der Waals surface area contributed by atoms with Crippen molar-refractivity contribution in [2.45, 2.75) is 6.42 Å². The Morgan fingerprint density at radius 3 is 2.44 bits per heavy atom. The highest BCUT2D eigenvalue weighted by atomic mass is 35.5. The molecule has 5 heteroatoms. The summed E-state index contributed by atoms with van der Waals surface area (Å²) >= 11 is 6.05. The Bertz CT molecular complexity index is 1040. The minimum absolute atomic E-state index is 0.147. The van der Waals surface area contributed by atoms with Crippen LogP contribution in [0.1, 0.15) is 6.42 Å². The third kappa shape index (κ3) is 3.54. The molecule has 4 nitrogen and oxygen atoms in total. The molecule has 4 rings (SSSR count). The van der Waals surface area contributed by atoms with E-state index in [9.17, 15) is 0 Å². The van der Waals surface area contributed by atoms with Crippen LogP contribution in [-0.2, 0) is 0 Å². The highest BCUT2D eigenvalue weighted by Gasteiger charge is 2.15. The van der Waals surface area contributed by atoms with Gasteiger partial charge in [-0.1, -0.05) is 54.1 Å². The number of aliphatic hydroxyl groups is 1. The van der Waals surface area contributed by atoms with Crippen molar-refractivity contribution in [1.29, 1.82) is 0 Å². The number of hydrogen-bond donors (Lipinski definition) is 2. The molecule has 0 bridgehead atoms. The summed E-state index contributed by atoms with van der Waals surface area (Å²) in [5, 5.41) is 13.2. The molecule has 0 saturated carbocycles. The topological polar surface area (TPSA) is 50.1 Å². The first-order valence-corrected chi connectivity index (χ1v) is 9.33. The van der Waals surface area contributed by atoms with Crippen molar-refractivity contribution in [2.24, 2.45) is 0 Å². The molecule has 0 amide bonds. The molecule has 0 aliphatic heterocycles. The lowest BCUT2D eigenvalue weighted by molar-refractivity contribution is 0.292. The van der Waals surface area contributed by atoms with Crippen LogP contribution < -0.4 is 5.32 Å². The molecule has 3 aromatic carbocycles. The Hall–Kier alpha value is -2.82. The third-order valence-electron chi connectivity index (χ3n) is 4.47. The number of aliphatic hydroxyl groups excluding tert-OH is 1. The van der Waals surface area contributed by atoms with Crippen molar-refractivity contribution in [3.63, 3.8) is 0 Å². The summed E-state index contributed by atoms with van der Waals surface area (Å²) < 4.78 is 2.12. The molecule has 0 saturated heterocycles. The molecule has 0 radical (unpaired) electrons. The standard InChI is InChI=1S/C22H20ClN3O/c23-17-12-10-16(11-13-17)19-8-4-9-20-21(19)25-22(24-14-5-15-27)26(20)18-6-2-1-3-7-18/h1-4,6-13,27H,5,14-15H2,(H,24,25). The lowest BCUT2D eigenvalue weighted by Crippen LogP contribution is -2.08. The maximum Gasteiger partial charge on any atom is 0.208 e. The van der Waals surface area contributed by atoms with E-state index in [4.69, 9.17) is 21.7 Å². The summed E-state index contributed by atoms with van der Waals surface area (Å²) in [4.78, 5) is 4.90. The number of fused-ring (bicyclic) bond motifs is 1. The van der Waals surface area contributed by atoms with Crippen LogP contribution in [0.25, 0.3) is 27.8 Å². The number of nitrogens with one attached hydrogen (secondary N) is 1. The fraction of sp³-hybridized carbons (Fsp3) is 0.136. The van der Waals surface area contributed by atoms with Crippen molar-refractivity contribution >= 4 is 28.6 Å². The average Bonchev–Trinajstić information content (AvgIpc) is 3.08. The van der Waals surface area contributed by atoms with Crippen molar-refractivity contribution in [2.75, 3.05) is 18.5 Å². The fourth-order valence-electron chi connectivity index (χ4n) is 3.20. The van der Waals surface area contributed by atoms with E-state index in [1.807, 2.05) is 48.5 Å². The Morgan fingerprint density at radius 1 is 0.926 bits per heavy atom. The summed E-state index contributed by atoms with van der Waals surface area (Å²) in [6, 6.07) is 24.2. The van der Waals surface area contributed by atoms with Gasteiger partial charge in [-0.15, -0.1) is 0 Å². The smallest absolute Gasteiger partial charge is 0.208 e. The Balaban J connectivity index is 1.90. The van der Waals surface area contributed by atoms with E-state index >= 15 is 0 Å². The zero-order chi connectivity index (χ0) is 18.6. The highest BCUT2D eigenvalue weighted by molar-refractivity contribution is 6.30. The Morgan fingerprint density at radius 2 is 1.70 bits per heavy atom. The highest BCUT2D eigenvalue weighted by Crippen LogP contribution is 2.32. The van der Waals surface area contributed by atoms with Crippen LogP contribution in [0.4, 0.5) is 5.95 Å². The normalized spacial score (nSPS) is 11.0. The monoisotopic (exact) mass is 377 g/mol. The molecule has 0 aliphatic carbocycles. The van der Waals surface area contributed by atoms with E-state index < -0.39 is 0 Å². The quantitative estimate of drug-likeness (QED) is 0.457. The molecule has 0 aliphatic rings. The minimum atomic E-state index is 0.147. The molecule has 2 N–H and O–H groups in total. The van der Waals surface area contributed by atoms with Gasteiger partial charge in [0.25, 0.3) is 0 Å². The van der Waals surface area contributed by atoms with Crippen LogP contribution in [0.5, 0.6) is 0 Å². The number of imidazole rings is 1. The van der Waals surface area contributed by atoms with Gasteiger partial charge in [0, 0.05) is 29.4 Å². The number of halogens is 1. The van der Waals surface area contributed by atoms with E-state index in [2.05, 4.69) is 34.1 Å². The first kappa shape index (κ1) is 17.6. The van der Waals surface area contributed by atoms with Gasteiger partial charge in [0.1, 0.15) is 0 Å². The molecule has 0 fully saturated rings. The zero-order valence-corrected chi connectivity index (χ0v) is 15.5. The number of para-hydroxylation sites is 2. The van der Waals surface area contributed by atoms with Crippen LogP contribution in [-0.4, -0.2) is 27.8 Å². The van der Waals surface area contributed by atoms with E-state index in [1.54, 1.807) is 0 Å². The second kappa shape index (κ2) is 7.82. The molecular formula is C22H20ClN3O. The van der Waals surface area contributed by atoms with Gasteiger partial charge in [0.2, 0.25) is 5.95 Å². The lowest BCUT2D eigenvalue weighted by atomic mass is 10.0. The van der Waals surface area contributed by atoms with Gasteiger partial charge >= 0.3 is 0 Å². The largest absolute Gasteiger partial charge is 0.396 e. The molecule has 4 aromatic rings. The van der Waals surface area contributed by atoms with Crippen molar-refractivity contribution in [3.8, 4) is 16.8 Å². The number of anilines is 1. The van der Waals surface area contributed by atoms with Crippen molar-refractivity contribution < 1.29 is 5.11 Å². The Labute approximate surface area is 163 Å². The summed E-state index contributed by atoms with van der Waals surface area (Å²) in [6.07, 6.45) is 0.669. The van der Waals surface area contributed by atoms with Gasteiger partial charge in [-0.3, -0.25) is 4.57 Å². The van der Waals surface area contributed by atoms with Gasteiger partial charge in [-0.25, -0.2) is 4.98 Å². The SMILES string of the molecule is OCCCNc1nc2c(-c3ccc(Cl)cc3)cccc2n1-c1ccccc1. The van der Waals surface area contributed by atoms with E-state index in [0.717, 1.165) is 33.8 Å². The number of nitrogens with zero attached hydrogens (tertiary/aromatic N) is 2. The van der Waals surface area contributed by atoms with Gasteiger partial charge in [0.05, 0.1) is 11.0 Å². The average molecular weight is 378 g/mol. The Kier molecular flexibility index (Phi) is 5.10. The lowest BCUT2D eigenvalue weighted by Gasteiger charge is -2.10. The molecule has 27 heavy (non-hydrogen) atoms. The van der Waals surface area contributed by atoms with E-state index in [-0.39, 0.29) is 6.61 Å². The predicted octanol–water partition coefficient (Wildman–Crippen LogP) is 5.14. The second-order valence-corrected chi connectivity index (χ2v) is 6.73. The van der Waals surface area contributed by atoms with E-state index in [0.29, 0.717) is 18.0 Å². The first-order valence-electron chi connectivity index (χ1n) is 8.95. The second-order valence-electron chi connectivity index (χ2n) is 6.29. The summed E-state index contributed by atoms with van der Waals surface area (Å²) in [5.74, 6) is 0.770. The molecule has 0 spiro atoms. The zero-order valence-electron chi connectivity index (χ0n) is 14.8. The molecule has 0 unspecified atom stereocenters. The molecule has 1 heterocycles. The molecule has 0 atom stereocenters. The number of rotatable bonds is 6. The van der Waals surface area contributed by atoms with Crippen LogP contribution in [0.3, 0.4) is 0 Å². The summed E-state index contributed by atoms with van der Waals surface area (Å²) in [6.45, 7) is 0.803. The van der Waals surface area contributed by atoms with Gasteiger partial charge in [-0.05, 0) is 42.3 Å². The first-order chi connectivity index (χ1) is 13.3. The fourth-order valence-corrected chi connectivity index (χ4v) is 3.32. The number of benzene rings is 3. The van der Waals surface area contributed by atoms with Crippen LogP contribution in [0.2, 0.25) is 5.02 Å². The maximum absolute atomic E-state index is 9.11. The minimum Gasteiger partial charge on any atom is -0.396 e. The summed E-state index contributed by atoms with van der Waals surface area (Å²) in [7, 11) is 0. The predicted molar refractivity (Wildman–Crippen MR) is 112 cm³/mol. The third-order valence-corrected chi connectivity index (χ3v) is 4.72. The van der Waals surface area contributed by atoms with Crippen molar-refractivity contribution in [1.82, 2.24) is 9.55 Å². The van der Waals surface area contributed by atoms with Gasteiger partial charge in [0.15, 0.2) is 0 Å². The van der Waals surface area contributed by atoms with Gasteiger partial charge < -0.3 is 10.4 Å². The van der Waals surface area contributed by atoms with Gasteiger partial charge in [-0.2, -0.15) is 0 Å². The number of hydrogen-bond acceptors (Lipinski definition) is 3. The molecule has 1 aromatic heterocycles. The van der Waals surface area contributed by atoms with Crippen LogP contribution in [0, 0.1) is 0 Å². The molecular weight excluding hydrogens is 358 g/mol. The number of aromatic nitrogens is 2. The van der Waals surface area contributed by atoms with Crippen LogP contribution in [0.15, 0.2) is 72.8 Å². The van der Waals surface area contributed by atoms with Crippen LogP contribution >= 0.6 is 11.6 Å². The summed E-state index contributed by atoms with van der Waals surface area (Å²) in [5.41, 5.74) is 5.13. The van der Waals surface area contributed by atoms with Crippen molar-refractivity contribution in [3.05, 3.63) is 77.8 Å². The maximum atomic E-state index is 9.11. The molecule has 136 valence electrons. The van der Waals surface area contributed by atoms with E-state index in [1.165, 1.54) is 0 Å².